The van der Waals surface area contributed by atoms with Crippen molar-refractivity contribution in [2.24, 2.45) is 0 Å². The molecule has 0 unspecified atom stereocenters. The molecule has 0 aliphatic heterocycles. The highest BCUT2D eigenvalue weighted by atomic mass is 32.2. The molecule has 136 valence electrons. The molecule has 26 heavy (non-hydrogen) atoms. The number of halogens is 1. The van der Waals surface area contributed by atoms with E-state index in [0.29, 0.717) is 11.0 Å². The summed E-state index contributed by atoms with van der Waals surface area (Å²) in [6.45, 7) is 1.63. The first kappa shape index (κ1) is 18.1. The van der Waals surface area contributed by atoms with Crippen molar-refractivity contribution in [3.8, 4) is 0 Å². The van der Waals surface area contributed by atoms with Crippen LogP contribution in [0.15, 0.2) is 42.5 Å². The monoisotopic (exact) mass is 375 g/mol. The fourth-order valence-corrected chi connectivity index (χ4v) is 3.40. The normalized spacial score (nSPS) is 11.7. The van der Waals surface area contributed by atoms with Gasteiger partial charge in [-0.05, 0) is 36.8 Å². The topological polar surface area (TPSA) is 81.1 Å². The number of fused-ring (bicyclic) bond motifs is 1. The number of hydrogen-bond acceptors (Lipinski definition) is 4. The zero-order valence-corrected chi connectivity index (χ0v) is 15.2. The number of para-hydroxylation sites is 2. The molecule has 0 saturated carbocycles. The first-order chi connectivity index (χ1) is 12.2. The molecule has 1 aromatic heterocycles. The maximum Gasteiger partial charge on any atom is 0.244 e. The SMILES string of the molecule is Cc1ccc(F)c(NC(=O)Cn2c(CS(C)(=O)=O)nc3ccccc32)c1. The molecular weight excluding hydrogens is 357 g/mol. The number of nitrogens with zero attached hydrogens (tertiary/aromatic N) is 2. The van der Waals surface area contributed by atoms with Gasteiger partial charge in [0, 0.05) is 6.26 Å². The van der Waals surface area contributed by atoms with E-state index in [0.717, 1.165) is 11.8 Å². The molecule has 2 aromatic carbocycles. The molecule has 1 N–H and O–H groups in total. The number of amides is 1. The van der Waals surface area contributed by atoms with Crippen LogP contribution in [0.3, 0.4) is 0 Å². The number of benzene rings is 2. The summed E-state index contributed by atoms with van der Waals surface area (Å²) in [4.78, 5) is 16.7. The van der Waals surface area contributed by atoms with Crippen molar-refractivity contribution in [3.05, 3.63) is 59.7 Å². The summed E-state index contributed by atoms with van der Waals surface area (Å²) in [5, 5.41) is 2.53. The van der Waals surface area contributed by atoms with Crippen LogP contribution < -0.4 is 5.32 Å². The molecule has 6 nitrogen and oxygen atoms in total. The number of carbonyl (C=O) groups excluding carboxylic acids is 1. The van der Waals surface area contributed by atoms with Crippen LogP contribution >= 0.6 is 0 Å². The number of aryl methyl sites for hydroxylation is 1. The van der Waals surface area contributed by atoms with Gasteiger partial charge in [-0.1, -0.05) is 18.2 Å². The number of sulfone groups is 1. The van der Waals surface area contributed by atoms with Gasteiger partial charge in [0.05, 0.1) is 16.7 Å². The zero-order valence-electron chi connectivity index (χ0n) is 14.4. The fraction of sp³-hybridized carbons (Fsp3) is 0.222. The van der Waals surface area contributed by atoms with Gasteiger partial charge < -0.3 is 9.88 Å². The first-order valence-electron chi connectivity index (χ1n) is 7.91. The quantitative estimate of drug-likeness (QED) is 0.743. The Balaban J connectivity index is 1.93. The van der Waals surface area contributed by atoms with Gasteiger partial charge in [0.1, 0.15) is 23.9 Å². The minimum absolute atomic E-state index is 0.0871. The molecule has 1 heterocycles. The molecule has 0 spiro atoms. The van der Waals surface area contributed by atoms with E-state index in [1.807, 2.05) is 0 Å². The van der Waals surface area contributed by atoms with Crippen LogP contribution in [0.2, 0.25) is 0 Å². The third-order valence-electron chi connectivity index (χ3n) is 3.82. The summed E-state index contributed by atoms with van der Waals surface area (Å²) in [6, 6.07) is 11.5. The lowest BCUT2D eigenvalue weighted by Gasteiger charge is -2.11. The van der Waals surface area contributed by atoms with Crippen LogP contribution in [0.4, 0.5) is 10.1 Å². The van der Waals surface area contributed by atoms with Crippen LogP contribution in [-0.4, -0.2) is 30.1 Å². The second-order valence-corrected chi connectivity index (χ2v) is 8.34. The molecule has 0 fully saturated rings. The summed E-state index contributed by atoms with van der Waals surface area (Å²) in [7, 11) is -3.33. The lowest BCUT2D eigenvalue weighted by atomic mass is 10.2. The average Bonchev–Trinajstić information content (AvgIpc) is 2.86. The molecule has 3 aromatic rings. The van der Waals surface area contributed by atoms with Crippen LogP contribution in [0, 0.1) is 12.7 Å². The van der Waals surface area contributed by atoms with E-state index in [1.165, 1.54) is 12.1 Å². The molecule has 0 saturated heterocycles. The lowest BCUT2D eigenvalue weighted by Crippen LogP contribution is -2.21. The number of carbonyl (C=O) groups is 1. The minimum atomic E-state index is -3.33. The Hall–Kier alpha value is -2.74. The van der Waals surface area contributed by atoms with Crippen molar-refractivity contribution in [3.63, 3.8) is 0 Å². The van der Waals surface area contributed by atoms with Crippen molar-refractivity contribution in [2.75, 3.05) is 11.6 Å². The summed E-state index contributed by atoms with van der Waals surface area (Å²) < 4.78 is 38.8. The van der Waals surface area contributed by atoms with Crippen LogP contribution in [-0.2, 0) is 26.9 Å². The van der Waals surface area contributed by atoms with Crippen LogP contribution in [0.1, 0.15) is 11.4 Å². The van der Waals surface area contributed by atoms with Gasteiger partial charge in [-0.15, -0.1) is 0 Å². The maximum atomic E-state index is 13.9. The van der Waals surface area contributed by atoms with Crippen LogP contribution in [0.5, 0.6) is 0 Å². The Morgan fingerprint density at radius 2 is 1.96 bits per heavy atom. The van der Waals surface area contributed by atoms with E-state index in [1.54, 1.807) is 41.8 Å². The highest BCUT2D eigenvalue weighted by molar-refractivity contribution is 7.89. The lowest BCUT2D eigenvalue weighted by molar-refractivity contribution is -0.116. The van der Waals surface area contributed by atoms with Crippen molar-refractivity contribution in [1.82, 2.24) is 9.55 Å². The Morgan fingerprint density at radius 3 is 2.69 bits per heavy atom. The molecular formula is C18H18FN3O3S. The highest BCUT2D eigenvalue weighted by Gasteiger charge is 2.18. The maximum absolute atomic E-state index is 13.9. The largest absolute Gasteiger partial charge is 0.322 e. The summed E-state index contributed by atoms with van der Waals surface area (Å²) in [5.41, 5.74) is 2.14. The van der Waals surface area contributed by atoms with Gasteiger partial charge in [0.2, 0.25) is 5.91 Å². The number of rotatable bonds is 5. The molecule has 8 heteroatoms. The van der Waals surface area contributed by atoms with Gasteiger partial charge in [-0.2, -0.15) is 0 Å². The van der Waals surface area contributed by atoms with Crippen molar-refractivity contribution >= 4 is 32.5 Å². The van der Waals surface area contributed by atoms with E-state index in [2.05, 4.69) is 10.3 Å². The molecule has 0 aliphatic carbocycles. The standard InChI is InChI=1S/C18H18FN3O3S/c1-12-7-8-13(19)15(9-12)21-18(23)10-22-16-6-4-3-5-14(16)20-17(22)11-26(2,24)25/h3-9H,10-11H2,1-2H3,(H,21,23). The van der Waals surface area contributed by atoms with E-state index in [4.69, 9.17) is 0 Å². The molecule has 1 amide bonds. The van der Waals surface area contributed by atoms with Gasteiger partial charge >= 0.3 is 0 Å². The molecule has 0 atom stereocenters. The van der Waals surface area contributed by atoms with Crippen molar-refractivity contribution < 1.29 is 17.6 Å². The Kier molecular flexibility index (Phi) is 4.78. The Morgan fingerprint density at radius 1 is 1.23 bits per heavy atom. The zero-order chi connectivity index (χ0) is 18.9. The second-order valence-electron chi connectivity index (χ2n) is 6.20. The Labute approximate surface area is 150 Å². The highest BCUT2D eigenvalue weighted by Crippen LogP contribution is 2.19. The predicted molar refractivity (Wildman–Crippen MR) is 98.0 cm³/mol. The Bertz CT molecular complexity index is 1090. The fourth-order valence-electron chi connectivity index (χ4n) is 2.71. The minimum Gasteiger partial charge on any atom is -0.322 e. The van der Waals surface area contributed by atoms with E-state index >= 15 is 0 Å². The molecule has 3 rings (SSSR count). The first-order valence-corrected chi connectivity index (χ1v) is 9.97. The van der Waals surface area contributed by atoms with E-state index in [-0.39, 0.29) is 23.8 Å². The van der Waals surface area contributed by atoms with Crippen molar-refractivity contribution in [2.45, 2.75) is 19.2 Å². The van der Waals surface area contributed by atoms with Gasteiger partial charge in [-0.3, -0.25) is 4.79 Å². The summed E-state index contributed by atoms with van der Waals surface area (Å²) in [5.74, 6) is -1.01. The predicted octanol–water partition coefficient (Wildman–Crippen LogP) is 2.67. The van der Waals surface area contributed by atoms with Gasteiger partial charge in [0.15, 0.2) is 9.84 Å². The molecule has 0 radical (unpaired) electrons. The number of aromatic nitrogens is 2. The molecule has 0 aliphatic rings. The number of hydrogen-bond donors (Lipinski definition) is 1. The van der Waals surface area contributed by atoms with E-state index in [9.17, 15) is 17.6 Å². The van der Waals surface area contributed by atoms with Gasteiger partial charge in [-0.25, -0.2) is 17.8 Å². The summed E-state index contributed by atoms with van der Waals surface area (Å²) in [6.07, 6.45) is 1.11. The third-order valence-corrected chi connectivity index (χ3v) is 4.61. The number of anilines is 1. The second kappa shape index (κ2) is 6.87. The van der Waals surface area contributed by atoms with Gasteiger partial charge in [0.25, 0.3) is 0 Å². The van der Waals surface area contributed by atoms with Crippen molar-refractivity contribution in [1.29, 1.82) is 0 Å². The third kappa shape index (κ3) is 4.08. The smallest absolute Gasteiger partial charge is 0.244 e. The number of imidazole rings is 1. The average molecular weight is 375 g/mol. The van der Waals surface area contributed by atoms with E-state index < -0.39 is 21.6 Å². The van der Waals surface area contributed by atoms with Crippen LogP contribution in [0.25, 0.3) is 11.0 Å². The molecule has 0 bridgehead atoms. The summed E-state index contributed by atoms with van der Waals surface area (Å²) >= 11 is 0. The number of nitrogens with one attached hydrogen (secondary N) is 1.